The van der Waals surface area contributed by atoms with Gasteiger partial charge < -0.3 is 18.7 Å². The third-order valence-corrected chi connectivity index (χ3v) is 3.60. The van der Waals surface area contributed by atoms with Crippen LogP contribution < -0.4 is 4.74 Å². The smallest absolute Gasteiger partial charge is 0.293 e. The quantitative estimate of drug-likeness (QED) is 0.851. The predicted octanol–water partition coefficient (Wildman–Crippen LogP) is 1.82. The molecule has 0 saturated carbocycles. The lowest BCUT2D eigenvalue weighted by atomic mass is 10.1. The Morgan fingerprint density at radius 3 is 3.00 bits per heavy atom. The van der Waals surface area contributed by atoms with Crippen LogP contribution in [0, 0.1) is 0 Å². The number of likely N-dealkylation sites (tertiary alicyclic amines) is 1. The van der Waals surface area contributed by atoms with E-state index in [1.165, 1.54) is 19.6 Å². The minimum Gasteiger partial charge on any atom is -0.479 e. The Kier molecular flexibility index (Phi) is 3.85. The van der Waals surface area contributed by atoms with Crippen molar-refractivity contribution in [3.05, 3.63) is 24.0 Å². The van der Waals surface area contributed by atoms with Crippen molar-refractivity contribution in [1.29, 1.82) is 0 Å². The second-order valence-corrected chi connectivity index (χ2v) is 4.89. The Morgan fingerprint density at radius 2 is 2.29 bits per heavy atom. The van der Waals surface area contributed by atoms with Crippen molar-refractivity contribution in [3.63, 3.8) is 0 Å². The monoisotopic (exact) mass is 292 g/mol. The molecule has 1 saturated heterocycles. The average molecular weight is 292 g/mol. The third kappa shape index (κ3) is 2.74. The van der Waals surface area contributed by atoms with Gasteiger partial charge in [-0.25, -0.2) is 0 Å². The summed E-state index contributed by atoms with van der Waals surface area (Å²) in [7, 11) is 1.47. The molecule has 0 aliphatic carbocycles. The van der Waals surface area contributed by atoms with E-state index in [0.717, 1.165) is 25.7 Å². The molecule has 1 aliphatic heterocycles. The van der Waals surface area contributed by atoms with Crippen LogP contribution >= 0.6 is 0 Å². The highest BCUT2D eigenvalue weighted by Gasteiger charge is 2.32. The van der Waals surface area contributed by atoms with Crippen molar-refractivity contribution < 1.29 is 18.6 Å². The molecule has 0 radical (unpaired) electrons. The first-order valence-electron chi connectivity index (χ1n) is 6.87. The number of nitrogens with zero attached hydrogens (tertiary/aromatic N) is 4. The van der Waals surface area contributed by atoms with Gasteiger partial charge in [-0.1, -0.05) is 18.0 Å². The molecule has 0 N–H and O–H groups in total. The van der Waals surface area contributed by atoms with Gasteiger partial charge in [0.15, 0.2) is 5.82 Å². The third-order valence-electron chi connectivity index (χ3n) is 3.60. The second kappa shape index (κ2) is 5.94. The van der Waals surface area contributed by atoms with Crippen LogP contribution in [-0.2, 0) is 0 Å². The summed E-state index contributed by atoms with van der Waals surface area (Å²) in [5.41, 5.74) is 0. The van der Waals surface area contributed by atoms with Crippen molar-refractivity contribution in [2.24, 2.45) is 0 Å². The molecule has 21 heavy (non-hydrogen) atoms. The SMILES string of the molecule is COc1cc(C(=O)N2CCCCC[C@H]2c2ncon2)on1. The number of ether oxygens (including phenoxy) is 1. The summed E-state index contributed by atoms with van der Waals surface area (Å²) >= 11 is 0. The van der Waals surface area contributed by atoms with Gasteiger partial charge in [-0.2, -0.15) is 4.98 Å². The van der Waals surface area contributed by atoms with Gasteiger partial charge in [-0.15, -0.1) is 0 Å². The van der Waals surface area contributed by atoms with Crippen LogP contribution in [0.25, 0.3) is 0 Å². The first-order valence-corrected chi connectivity index (χ1v) is 6.87. The summed E-state index contributed by atoms with van der Waals surface area (Å²) in [6.45, 7) is 0.626. The molecule has 1 aliphatic rings. The molecule has 8 heteroatoms. The van der Waals surface area contributed by atoms with Gasteiger partial charge in [0, 0.05) is 6.54 Å². The largest absolute Gasteiger partial charge is 0.479 e. The standard InChI is InChI=1S/C13H16N4O4/c1-19-11-7-10(21-15-11)13(18)17-6-4-2-3-5-9(17)12-14-8-20-16-12/h7-9H,2-6H2,1H3/t9-/m0/s1. The van der Waals surface area contributed by atoms with Crippen molar-refractivity contribution in [1.82, 2.24) is 20.2 Å². The number of rotatable bonds is 3. The lowest BCUT2D eigenvalue weighted by Gasteiger charge is -2.26. The molecule has 3 rings (SSSR count). The van der Waals surface area contributed by atoms with Crippen LogP contribution in [0.5, 0.6) is 5.88 Å². The van der Waals surface area contributed by atoms with Crippen molar-refractivity contribution in [2.75, 3.05) is 13.7 Å². The molecular weight excluding hydrogens is 276 g/mol. The zero-order valence-electron chi connectivity index (χ0n) is 11.7. The Bertz CT molecular complexity index is 595. The molecule has 0 aromatic carbocycles. The van der Waals surface area contributed by atoms with Crippen LogP contribution in [0.4, 0.5) is 0 Å². The Hall–Kier alpha value is -2.38. The van der Waals surface area contributed by atoms with E-state index < -0.39 is 0 Å². The lowest BCUT2D eigenvalue weighted by molar-refractivity contribution is 0.0627. The molecule has 3 heterocycles. The summed E-state index contributed by atoms with van der Waals surface area (Å²) in [4.78, 5) is 18.4. The first-order chi connectivity index (χ1) is 10.3. The van der Waals surface area contributed by atoms with Gasteiger partial charge in [-0.3, -0.25) is 4.79 Å². The normalized spacial score (nSPS) is 19.3. The predicted molar refractivity (Wildman–Crippen MR) is 69.6 cm³/mol. The van der Waals surface area contributed by atoms with E-state index in [1.54, 1.807) is 4.90 Å². The van der Waals surface area contributed by atoms with E-state index in [4.69, 9.17) is 13.8 Å². The van der Waals surface area contributed by atoms with Gasteiger partial charge >= 0.3 is 0 Å². The first kappa shape index (κ1) is 13.6. The van der Waals surface area contributed by atoms with Crippen molar-refractivity contribution in [2.45, 2.75) is 31.7 Å². The zero-order valence-corrected chi connectivity index (χ0v) is 11.7. The maximum absolute atomic E-state index is 12.6. The van der Waals surface area contributed by atoms with Gasteiger partial charge in [0.05, 0.1) is 19.2 Å². The van der Waals surface area contributed by atoms with Crippen molar-refractivity contribution >= 4 is 5.91 Å². The van der Waals surface area contributed by atoms with Gasteiger partial charge in [0.25, 0.3) is 11.8 Å². The van der Waals surface area contributed by atoms with Gasteiger partial charge in [0.1, 0.15) is 0 Å². The molecule has 0 spiro atoms. The number of hydrogen-bond donors (Lipinski definition) is 0. The number of amides is 1. The Morgan fingerprint density at radius 1 is 1.38 bits per heavy atom. The number of carbonyl (C=O) groups is 1. The van der Waals surface area contributed by atoms with Crippen molar-refractivity contribution in [3.8, 4) is 5.88 Å². The van der Waals surface area contributed by atoms with Crippen LogP contribution in [0.2, 0.25) is 0 Å². The number of aromatic nitrogens is 3. The molecular formula is C13H16N4O4. The van der Waals surface area contributed by atoms with E-state index in [9.17, 15) is 4.79 Å². The fourth-order valence-electron chi connectivity index (χ4n) is 2.54. The fraction of sp³-hybridized carbons (Fsp3) is 0.538. The average Bonchev–Trinajstić information content (AvgIpc) is 3.14. The van der Waals surface area contributed by atoms with E-state index in [0.29, 0.717) is 12.4 Å². The molecule has 112 valence electrons. The zero-order chi connectivity index (χ0) is 14.7. The maximum atomic E-state index is 12.6. The highest BCUT2D eigenvalue weighted by atomic mass is 16.5. The summed E-state index contributed by atoms with van der Waals surface area (Å²) in [6, 6.07) is 1.29. The summed E-state index contributed by atoms with van der Waals surface area (Å²) in [6.07, 6.45) is 5.10. The minimum atomic E-state index is -0.234. The molecule has 1 amide bonds. The van der Waals surface area contributed by atoms with Crippen LogP contribution in [0.15, 0.2) is 21.5 Å². The van der Waals surface area contributed by atoms with Crippen LogP contribution in [-0.4, -0.2) is 39.8 Å². The molecule has 0 bridgehead atoms. The molecule has 2 aromatic heterocycles. The molecule has 0 unspecified atom stereocenters. The molecule has 2 aromatic rings. The maximum Gasteiger partial charge on any atom is 0.293 e. The fourth-order valence-corrected chi connectivity index (χ4v) is 2.54. The Labute approximate surface area is 121 Å². The number of hydrogen-bond acceptors (Lipinski definition) is 7. The lowest BCUT2D eigenvalue weighted by Crippen LogP contribution is -2.35. The summed E-state index contributed by atoms with van der Waals surface area (Å²) < 4.78 is 14.8. The van der Waals surface area contributed by atoms with Crippen LogP contribution in [0.3, 0.4) is 0 Å². The number of carbonyl (C=O) groups excluding carboxylic acids is 1. The number of methoxy groups -OCH3 is 1. The highest BCUT2D eigenvalue weighted by molar-refractivity contribution is 5.92. The molecule has 8 nitrogen and oxygen atoms in total. The second-order valence-electron chi connectivity index (χ2n) is 4.89. The molecule has 1 atom stereocenters. The summed E-state index contributed by atoms with van der Waals surface area (Å²) in [5, 5.41) is 7.55. The van der Waals surface area contributed by atoms with Crippen LogP contribution in [0.1, 0.15) is 48.1 Å². The Balaban J connectivity index is 1.86. The topological polar surface area (TPSA) is 94.5 Å². The molecule has 1 fully saturated rings. The minimum absolute atomic E-state index is 0.155. The van der Waals surface area contributed by atoms with E-state index in [-0.39, 0.29) is 23.6 Å². The van der Waals surface area contributed by atoms with E-state index in [1.807, 2.05) is 0 Å². The highest BCUT2D eigenvalue weighted by Crippen LogP contribution is 2.29. The van der Waals surface area contributed by atoms with Gasteiger partial charge in [-0.05, 0) is 18.0 Å². The van der Waals surface area contributed by atoms with Gasteiger partial charge in [0.2, 0.25) is 12.2 Å². The van der Waals surface area contributed by atoms with E-state index >= 15 is 0 Å². The summed E-state index contributed by atoms with van der Waals surface area (Å²) in [5.74, 6) is 0.728. The van der Waals surface area contributed by atoms with E-state index in [2.05, 4.69) is 15.3 Å².